The molecule has 0 aromatic heterocycles. The number of hydrogen-bond donors (Lipinski definition) is 1. The van der Waals surface area contributed by atoms with Crippen LogP contribution in [0.15, 0.2) is 17.0 Å². The molecule has 3 atom stereocenters. The van der Waals surface area contributed by atoms with Crippen molar-refractivity contribution in [3.05, 3.63) is 23.3 Å². The Kier molecular flexibility index (Phi) is 4.81. The fraction of sp³-hybridized carbons (Fsp3) is 0.611. The molecule has 1 aromatic carbocycles. The van der Waals surface area contributed by atoms with Gasteiger partial charge in [0.25, 0.3) is 0 Å². The smallest absolute Gasteiger partial charge is 0.322 e. The van der Waals surface area contributed by atoms with E-state index in [2.05, 4.69) is 0 Å². The molecule has 1 aliphatic carbocycles. The highest BCUT2D eigenvalue weighted by atomic mass is 32.2. The van der Waals surface area contributed by atoms with E-state index in [1.165, 1.54) is 11.4 Å². The number of ether oxygens (including phenoxy) is 1. The summed E-state index contributed by atoms with van der Waals surface area (Å²) in [4.78, 5) is 11.9. The molecule has 0 spiro atoms. The second-order valence-electron chi connectivity index (χ2n) is 7.15. The Labute approximate surface area is 148 Å². The van der Waals surface area contributed by atoms with Gasteiger partial charge in [-0.25, -0.2) is 8.42 Å². The summed E-state index contributed by atoms with van der Waals surface area (Å²) in [5.41, 5.74) is 1.49. The summed E-state index contributed by atoms with van der Waals surface area (Å²) >= 11 is 0. The van der Waals surface area contributed by atoms with Gasteiger partial charge in [0.1, 0.15) is 16.7 Å². The van der Waals surface area contributed by atoms with E-state index in [0.29, 0.717) is 12.0 Å². The molecule has 1 saturated heterocycles. The van der Waals surface area contributed by atoms with Crippen molar-refractivity contribution in [3.63, 3.8) is 0 Å². The number of carboxylic acids is 1. The number of aryl methyl sites for hydroxylation is 2. The van der Waals surface area contributed by atoms with E-state index >= 15 is 0 Å². The molecule has 3 rings (SSSR count). The predicted molar refractivity (Wildman–Crippen MR) is 93.3 cm³/mol. The van der Waals surface area contributed by atoms with Crippen LogP contribution in [0.4, 0.5) is 0 Å². The summed E-state index contributed by atoms with van der Waals surface area (Å²) in [7, 11) is -2.53. The topological polar surface area (TPSA) is 83.9 Å². The Morgan fingerprint density at radius 1 is 1.24 bits per heavy atom. The molecule has 1 aliphatic heterocycles. The normalized spacial score (nSPS) is 27.1. The third-order valence-electron chi connectivity index (χ3n) is 5.45. The van der Waals surface area contributed by atoms with Gasteiger partial charge >= 0.3 is 5.97 Å². The van der Waals surface area contributed by atoms with Crippen molar-refractivity contribution in [1.29, 1.82) is 0 Å². The van der Waals surface area contributed by atoms with Gasteiger partial charge in [0.2, 0.25) is 10.0 Å². The zero-order valence-corrected chi connectivity index (χ0v) is 15.7. The highest BCUT2D eigenvalue weighted by Crippen LogP contribution is 2.44. The van der Waals surface area contributed by atoms with Gasteiger partial charge in [0.05, 0.1) is 7.11 Å². The van der Waals surface area contributed by atoms with Crippen molar-refractivity contribution in [3.8, 4) is 5.75 Å². The fourth-order valence-electron chi connectivity index (χ4n) is 4.48. The quantitative estimate of drug-likeness (QED) is 0.884. The lowest BCUT2D eigenvalue weighted by Gasteiger charge is -2.32. The lowest BCUT2D eigenvalue weighted by atomic mass is 9.85. The van der Waals surface area contributed by atoms with Gasteiger partial charge in [-0.2, -0.15) is 4.31 Å². The van der Waals surface area contributed by atoms with Gasteiger partial charge in [-0.1, -0.05) is 18.9 Å². The van der Waals surface area contributed by atoms with Crippen LogP contribution < -0.4 is 4.74 Å². The number of rotatable bonds is 4. The fourth-order valence-corrected chi connectivity index (χ4v) is 6.70. The third kappa shape index (κ3) is 3.04. The number of methoxy groups -OCH3 is 1. The number of carboxylic acid groups (broad SMARTS) is 1. The van der Waals surface area contributed by atoms with Crippen LogP contribution in [0.1, 0.15) is 43.2 Å². The Balaban J connectivity index is 2.14. The van der Waals surface area contributed by atoms with Crippen LogP contribution in [-0.2, 0) is 14.8 Å². The minimum Gasteiger partial charge on any atom is -0.495 e. The Morgan fingerprint density at radius 3 is 2.56 bits per heavy atom. The molecule has 0 radical (unpaired) electrons. The van der Waals surface area contributed by atoms with Gasteiger partial charge in [-0.3, -0.25) is 4.79 Å². The van der Waals surface area contributed by atoms with Crippen molar-refractivity contribution < 1.29 is 23.1 Å². The van der Waals surface area contributed by atoms with Crippen LogP contribution in [0, 0.1) is 19.8 Å². The first-order valence-corrected chi connectivity index (χ1v) is 10.1. The minimum absolute atomic E-state index is 0.0954. The summed E-state index contributed by atoms with van der Waals surface area (Å²) < 4.78 is 33.6. The van der Waals surface area contributed by atoms with Gasteiger partial charge in [-0.05, 0) is 56.2 Å². The maximum absolute atomic E-state index is 13.5. The first-order valence-electron chi connectivity index (χ1n) is 8.69. The van der Waals surface area contributed by atoms with Crippen molar-refractivity contribution in [2.75, 3.05) is 7.11 Å². The summed E-state index contributed by atoms with van der Waals surface area (Å²) in [5.74, 6) is -0.663. The number of hydrogen-bond acceptors (Lipinski definition) is 4. The second kappa shape index (κ2) is 6.61. The van der Waals surface area contributed by atoms with Crippen LogP contribution >= 0.6 is 0 Å². The number of fused-ring (bicyclic) bond motifs is 1. The molecule has 7 heteroatoms. The number of carbonyl (C=O) groups is 1. The average molecular weight is 367 g/mol. The monoisotopic (exact) mass is 367 g/mol. The van der Waals surface area contributed by atoms with E-state index < -0.39 is 22.0 Å². The van der Waals surface area contributed by atoms with Gasteiger partial charge in [0, 0.05) is 6.04 Å². The molecule has 2 aliphatic rings. The van der Waals surface area contributed by atoms with E-state index in [1.807, 2.05) is 6.92 Å². The zero-order valence-electron chi connectivity index (χ0n) is 14.9. The van der Waals surface area contributed by atoms with Crippen molar-refractivity contribution in [1.82, 2.24) is 4.31 Å². The molecule has 0 amide bonds. The largest absolute Gasteiger partial charge is 0.495 e. The van der Waals surface area contributed by atoms with Crippen LogP contribution in [0.3, 0.4) is 0 Å². The molecular formula is C18H25NO5S. The molecule has 1 N–H and O–H groups in total. The lowest BCUT2D eigenvalue weighted by Crippen LogP contribution is -2.46. The summed E-state index contributed by atoms with van der Waals surface area (Å²) in [6, 6.07) is 2.25. The summed E-state index contributed by atoms with van der Waals surface area (Å²) in [6.45, 7) is 3.60. The molecular weight excluding hydrogens is 342 g/mol. The number of nitrogens with zero attached hydrogens (tertiary/aromatic N) is 1. The molecule has 2 fully saturated rings. The highest BCUT2D eigenvalue weighted by Gasteiger charge is 2.51. The number of aliphatic carboxylic acids is 1. The predicted octanol–water partition coefficient (Wildman–Crippen LogP) is 2.72. The molecule has 3 unspecified atom stereocenters. The van der Waals surface area contributed by atoms with E-state index in [9.17, 15) is 18.3 Å². The second-order valence-corrected chi connectivity index (χ2v) is 8.93. The Hall–Kier alpha value is -1.60. The molecule has 1 aromatic rings. The van der Waals surface area contributed by atoms with Crippen LogP contribution in [-0.4, -0.2) is 43.0 Å². The molecule has 1 heterocycles. The molecule has 138 valence electrons. The van der Waals surface area contributed by atoms with Gasteiger partial charge in [0.15, 0.2) is 0 Å². The standard InChI is InChI=1S/C18H25NO5S/c1-11-8-12(2)17(16(9-11)24-3)25(22,23)19-14-7-5-4-6-13(14)10-15(19)18(20)21/h8-9,13-15H,4-7,10H2,1-3H3,(H,20,21). The van der Waals surface area contributed by atoms with Crippen molar-refractivity contribution >= 4 is 16.0 Å². The average Bonchev–Trinajstić information content (AvgIpc) is 2.94. The zero-order chi connectivity index (χ0) is 18.4. The van der Waals surface area contributed by atoms with Gasteiger partial charge in [-0.15, -0.1) is 0 Å². The van der Waals surface area contributed by atoms with E-state index in [0.717, 1.165) is 31.2 Å². The first kappa shape index (κ1) is 18.2. The number of sulfonamides is 1. The molecule has 25 heavy (non-hydrogen) atoms. The maximum atomic E-state index is 13.5. The Bertz CT molecular complexity index is 789. The first-order chi connectivity index (χ1) is 11.8. The number of benzene rings is 1. The van der Waals surface area contributed by atoms with Crippen LogP contribution in [0.2, 0.25) is 0 Å². The molecule has 6 nitrogen and oxygen atoms in total. The highest BCUT2D eigenvalue weighted by molar-refractivity contribution is 7.89. The van der Waals surface area contributed by atoms with Crippen molar-refractivity contribution in [2.24, 2.45) is 5.92 Å². The lowest BCUT2D eigenvalue weighted by molar-refractivity contribution is -0.141. The van der Waals surface area contributed by atoms with Crippen LogP contribution in [0.5, 0.6) is 5.75 Å². The van der Waals surface area contributed by atoms with Crippen LogP contribution in [0.25, 0.3) is 0 Å². The van der Waals surface area contributed by atoms with E-state index in [4.69, 9.17) is 4.74 Å². The molecule has 1 saturated carbocycles. The minimum atomic E-state index is -3.97. The third-order valence-corrected chi connectivity index (χ3v) is 7.57. The SMILES string of the molecule is COc1cc(C)cc(C)c1S(=O)(=O)N1C(C(=O)O)CC2CCCCC21. The molecule has 0 bridgehead atoms. The van der Waals surface area contributed by atoms with E-state index in [1.54, 1.807) is 19.1 Å². The maximum Gasteiger partial charge on any atom is 0.322 e. The summed E-state index contributed by atoms with van der Waals surface area (Å²) in [5, 5.41) is 9.64. The van der Waals surface area contributed by atoms with Crippen molar-refractivity contribution in [2.45, 2.75) is 62.9 Å². The van der Waals surface area contributed by atoms with E-state index in [-0.39, 0.29) is 22.6 Å². The van der Waals surface area contributed by atoms with Gasteiger partial charge < -0.3 is 9.84 Å². The Morgan fingerprint density at radius 2 is 1.92 bits per heavy atom. The summed E-state index contributed by atoms with van der Waals surface area (Å²) in [6.07, 6.45) is 3.98.